The highest BCUT2D eigenvalue weighted by Crippen LogP contribution is 2.29. The predicted octanol–water partition coefficient (Wildman–Crippen LogP) is 2.57. The van der Waals surface area contributed by atoms with Crippen molar-refractivity contribution in [3.63, 3.8) is 0 Å². The molecular formula is C18H25NO5. The van der Waals surface area contributed by atoms with Gasteiger partial charge in [-0.15, -0.1) is 0 Å². The van der Waals surface area contributed by atoms with Gasteiger partial charge in [0.2, 0.25) is 0 Å². The molecule has 1 fully saturated rings. The highest BCUT2D eigenvalue weighted by atomic mass is 16.5. The van der Waals surface area contributed by atoms with Crippen molar-refractivity contribution in [1.29, 1.82) is 0 Å². The number of aliphatic carboxylic acids is 1. The lowest BCUT2D eigenvalue weighted by atomic mass is 9.82. The zero-order chi connectivity index (χ0) is 17.6. The van der Waals surface area contributed by atoms with Gasteiger partial charge < -0.3 is 19.5 Å². The third kappa shape index (κ3) is 4.63. The molecule has 0 aromatic heterocycles. The first kappa shape index (κ1) is 18.1. The Hall–Kier alpha value is -2.24. The summed E-state index contributed by atoms with van der Waals surface area (Å²) in [6, 6.07) is 7.13. The van der Waals surface area contributed by atoms with E-state index in [2.05, 4.69) is 0 Å². The maximum Gasteiger partial charge on any atom is 0.311 e. The topological polar surface area (TPSA) is 76.1 Å². The van der Waals surface area contributed by atoms with E-state index in [-0.39, 0.29) is 19.1 Å². The molecule has 1 saturated heterocycles. The molecule has 0 saturated carbocycles. The van der Waals surface area contributed by atoms with Crippen LogP contribution in [0, 0.1) is 5.41 Å². The number of piperidine rings is 1. The van der Waals surface area contributed by atoms with Gasteiger partial charge in [-0.25, -0.2) is 0 Å². The summed E-state index contributed by atoms with van der Waals surface area (Å²) in [5, 5.41) is 9.31. The minimum absolute atomic E-state index is 0.0924. The number of carboxylic acids is 1. The summed E-state index contributed by atoms with van der Waals surface area (Å²) >= 11 is 0. The molecule has 0 bridgehead atoms. The molecule has 0 aliphatic carbocycles. The monoisotopic (exact) mass is 335 g/mol. The number of carbonyl (C=O) groups excluding carboxylic acids is 1. The van der Waals surface area contributed by atoms with Gasteiger partial charge in [-0.2, -0.15) is 0 Å². The molecule has 1 unspecified atom stereocenters. The summed E-state index contributed by atoms with van der Waals surface area (Å²) in [5.74, 6) is 0.311. The number of likely N-dealkylation sites (tertiary alicyclic amines) is 1. The molecule has 6 heteroatoms. The lowest BCUT2D eigenvalue weighted by Crippen LogP contribution is -2.49. The van der Waals surface area contributed by atoms with Gasteiger partial charge in [-0.05, 0) is 50.5 Å². The fourth-order valence-electron chi connectivity index (χ4n) is 2.72. The Morgan fingerprint density at radius 3 is 2.42 bits per heavy atom. The van der Waals surface area contributed by atoms with Crippen LogP contribution in [0.3, 0.4) is 0 Å². The number of hydrogen-bond acceptors (Lipinski definition) is 4. The van der Waals surface area contributed by atoms with Crippen LogP contribution in [0.1, 0.15) is 33.1 Å². The number of carbonyl (C=O) groups is 2. The second kappa shape index (κ2) is 8.04. The lowest BCUT2D eigenvalue weighted by molar-refractivity contribution is -0.153. The minimum atomic E-state index is -0.869. The standard InChI is InChI=1S/C18H25NO5/c1-3-11-23-14-5-7-15(8-6-14)24-12-16(20)19-10-4-9-18(2,13-19)17(21)22/h5-8H,3-4,9-13H2,1-2H3,(H,21,22). The molecule has 1 aromatic rings. The smallest absolute Gasteiger partial charge is 0.311 e. The fraction of sp³-hybridized carbons (Fsp3) is 0.556. The molecule has 1 aliphatic heterocycles. The summed E-state index contributed by atoms with van der Waals surface area (Å²) in [6.07, 6.45) is 2.22. The Morgan fingerprint density at radius 2 is 1.83 bits per heavy atom. The van der Waals surface area contributed by atoms with Gasteiger partial charge in [0, 0.05) is 13.1 Å². The van der Waals surface area contributed by atoms with E-state index in [9.17, 15) is 14.7 Å². The van der Waals surface area contributed by atoms with Crippen molar-refractivity contribution in [3.8, 4) is 11.5 Å². The van der Waals surface area contributed by atoms with Crippen molar-refractivity contribution in [3.05, 3.63) is 24.3 Å². The van der Waals surface area contributed by atoms with Crippen molar-refractivity contribution >= 4 is 11.9 Å². The molecule has 1 aliphatic rings. The van der Waals surface area contributed by atoms with Gasteiger partial charge in [-0.1, -0.05) is 6.92 Å². The van der Waals surface area contributed by atoms with E-state index in [0.717, 1.165) is 12.2 Å². The van der Waals surface area contributed by atoms with Crippen LogP contribution < -0.4 is 9.47 Å². The van der Waals surface area contributed by atoms with Crippen LogP contribution in [0.4, 0.5) is 0 Å². The van der Waals surface area contributed by atoms with E-state index in [0.29, 0.717) is 31.7 Å². The van der Waals surface area contributed by atoms with Gasteiger partial charge in [0.1, 0.15) is 11.5 Å². The number of benzene rings is 1. The van der Waals surface area contributed by atoms with Crippen molar-refractivity contribution < 1.29 is 24.2 Å². The third-order valence-electron chi connectivity index (χ3n) is 4.22. The summed E-state index contributed by atoms with van der Waals surface area (Å²) in [4.78, 5) is 25.2. The number of carboxylic acid groups (broad SMARTS) is 1. The van der Waals surface area contributed by atoms with Crippen LogP contribution in [0.15, 0.2) is 24.3 Å². The zero-order valence-electron chi connectivity index (χ0n) is 14.3. The van der Waals surface area contributed by atoms with Crippen molar-refractivity contribution in [1.82, 2.24) is 4.90 Å². The van der Waals surface area contributed by atoms with Gasteiger partial charge in [0.15, 0.2) is 6.61 Å². The van der Waals surface area contributed by atoms with Crippen molar-refractivity contribution in [2.75, 3.05) is 26.3 Å². The normalized spacial score (nSPS) is 20.5. The Morgan fingerprint density at radius 1 is 1.21 bits per heavy atom. The van der Waals surface area contributed by atoms with Crippen LogP contribution >= 0.6 is 0 Å². The molecule has 1 aromatic carbocycles. The van der Waals surface area contributed by atoms with E-state index >= 15 is 0 Å². The van der Waals surface area contributed by atoms with E-state index in [1.807, 2.05) is 6.92 Å². The number of amides is 1. The minimum Gasteiger partial charge on any atom is -0.494 e. The molecule has 0 radical (unpaired) electrons. The van der Waals surface area contributed by atoms with Crippen LogP contribution in [-0.2, 0) is 9.59 Å². The van der Waals surface area contributed by atoms with Gasteiger partial charge >= 0.3 is 5.97 Å². The van der Waals surface area contributed by atoms with Gasteiger partial charge in [0.25, 0.3) is 5.91 Å². The Kier molecular flexibility index (Phi) is 6.06. The largest absolute Gasteiger partial charge is 0.494 e. The number of nitrogens with zero attached hydrogens (tertiary/aromatic N) is 1. The van der Waals surface area contributed by atoms with Crippen molar-refractivity contribution in [2.45, 2.75) is 33.1 Å². The van der Waals surface area contributed by atoms with E-state index < -0.39 is 11.4 Å². The second-order valence-corrected chi connectivity index (χ2v) is 6.39. The van der Waals surface area contributed by atoms with Crippen LogP contribution in [-0.4, -0.2) is 48.2 Å². The zero-order valence-corrected chi connectivity index (χ0v) is 14.3. The van der Waals surface area contributed by atoms with Gasteiger partial charge in [0.05, 0.1) is 12.0 Å². The Labute approximate surface area is 142 Å². The second-order valence-electron chi connectivity index (χ2n) is 6.39. The Bertz CT molecular complexity index is 571. The number of hydrogen-bond donors (Lipinski definition) is 1. The van der Waals surface area contributed by atoms with E-state index in [4.69, 9.17) is 9.47 Å². The molecule has 1 heterocycles. The molecule has 1 atom stereocenters. The van der Waals surface area contributed by atoms with E-state index in [1.54, 1.807) is 36.1 Å². The number of rotatable bonds is 7. The van der Waals surface area contributed by atoms with Crippen molar-refractivity contribution in [2.24, 2.45) is 5.41 Å². The van der Waals surface area contributed by atoms with E-state index in [1.165, 1.54) is 0 Å². The molecule has 1 N–H and O–H groups in total. The maximum atomic E-state index is 12.3. The average Bonchev–Trinajstić information content (AvgIpc) is 2.58. The Balaban J connectivity index is 1.85. The molecule has 132 valence electrons. The highest BCUT2D eigenvalue weighted by Gasteiger charge is 2.39. The molecule has 1 amide bonds. The summed E-state index contributed by atoms with van der Waals surface area (Å²) in [5.41, 5.74) is -0.869. The quantitative estimate of drug-likeness (QED) is 0.829. The molecule has 6 nitrogen and oxygen atoms in total. The van der Waals surface area contributed by atoms with Crippen LogP contribution in [0.2, 0.25) is 0 Å². The summed E-state index contributed by atoms with van der Waals surface area (Å²) in [6.45, 7) is 5.10. The SMILES string of the molecule is CCCOc1ccc(OCC(=O)N2CCCC(C)(C(=O)O)C2)cc1. The average molecular weight is 335 g/mol. The highest BCUT2D eigenvalue weighted by molar-refractivity contribution is 5.80. The third-order valence-corrected chi connectivity index (χ3v) is 4.22. The molecule has 24 heavy (non-hydrogen) atoms. The fourth-order valence-corrected chi connectivity index (χ4v) is 2.72. The molecular weight excluding hydrogens is 310 g/mol. The first-order valence-electron chi connectivity index (χ1n) is 8.31. The molecule has 0 spiro atoms. The lowest BCUT2D eigenvalue weighted by Gasteiger charge is -2.37. The number of ether oxygens (including phenoxy) is 2. The summed E-state index contributed by atoms with van der Waals surface area (Å²) in [7, 11) is 0. The first-order valence-corrected chi connectivity index (χ1v) is 8.31. The summed E-state index contributed by atoms with van der Waals surface area (Å²) < 4.78 is 11.0. The van der Waals surface area contributed by atoms with Crippen LogP contribution in [0.5, 0.6) is 11.5 Å². The maximum absolute atomic E-state index is 12.3. The molecule has 2 rings (SSSR count). The predicted molar refractivity (Wildman–Crippen MR) is 89.3 cm³/mol. The first-order chi connectivity index (χ1) is 11.4. The van der Waals surface area contributed by atoms with Gasteiger partial charge in [-0.3, -0.25) is 9.59 Å². The van der Waals surface area contributed by atoms with Crippen LogP contribution in [0.25, 0.3) is 0 Å².